The molecule has 0 aliphatic heterocycles. The summed E-state index contributed by atoms with van der Waals surface area (Å²) in [6.45, 7) is 1.44. The van der Waals surface area contributed by atoms with E-state index in [0.717, 1.165) is 0 Å². The minimum Gasteiger partial charge on any atom is -0.465 e. The van der Waals surface area contributed by atoms with Crippen molar-refractivity contribution in [1.29, 1.82) is 0 Å². The molecule has 2 aromatic rings. The molecule has 19 heavy (non-hydrogen) atoms. The van der Waals surface area contributed by atoms with Gasteiger partial charge in [-0.25, -0.2) is 0 Å². The highest BCUT2D eigenvalue weighted by Crippen LogP contribution is 2.11. The molecule has 0 aliphatic carbocycles. The SMILES string of the molecule is CC(=O)Nc1ccc(C(=O)/C=C\c2ccco2)cc1. The monoisotopic (exact) mass is 255 g/mol. The molecule has 0 aliphatic rings. The maximum atomic E-state index is 11.9. The standard InChI is InChI=1S/C15H13NO3/c1-11(17)16-13-6-4-12(5-7-13)15(18)9-8-14-3-2-10-19-14/h2-10H,1H3,(H,16,17)/b9-8-. The van der Waals surface area contributed by atoms with Crippen molar-refractivity contribution in [3.8, 4) is 0 Å². The molecule has 1 amide bonds. The molecule has 1 N–H and O–H groups in total. The molecule has 0 radical (unpaired) electrons. The van der Waals surface area contributed by atoms with Crippen molar-refractivity contribution in [3.63, 3.8) is 0 Å². The molecule has 0 fully saturated rings. The zero-order valence-electron chi connectivity index (χ0n) is 10.4. The van der Waals surface area contributed by atoms with E-state index < -0.39 is 0 Å². The predicted octanol–water partition coefficient (Wildman–Crippen LogP) is 3.13. The van der Waals surface area contributed by atoms with Crippen LogP contribution in [-0.4, -0.2) is 11.7 Å². The Hall–Kier alpha value is -2.62. The van der Waals surface area contributed by atoms with Crippen LogP contribution in [0.1, 0.15) is 23.0 Å². The summed E-state index contributed by atoms with van der Waals surface area (Å²) in [6.07, 6.45) is 4.61. The molecule has 0 spiro atoms. The van der Waals surface area contributed by atoms with Crippen LogP contribution in [0.3, 0.4) is 0 Å². The van der Waals surface area contributed by atoms with Crippen LogP contribution in [-0.2, 0) is 4.79 Å². The third-order valence-electron chi connectivity index (χ3n) is 2.43. The van der Waals surface area contributed by atoms with Gasteiger partial charge in [-0.1, -0.05) is 0 Å². The van der Waals surface area contributed by atoms with Gasteiger partial charge >= 0.3 is 0 Å². The number of hydrogen-bond acceptors (Lipinski definition) is 3. The number of carbonyl (C=O) groups excluding carboxylic acids is 2. The van der Waals surface area contributed by atoms with Crippen LogP contribution in [0.4, 0.5) is 5.69 Å². The first-order valence-corrected chi connectivity index (χ1v) is 5.79. The van der Waals surface area contributed by atoms with Crippen molar-refractivity contribution >= 4 is 23.5 Å². The zero-order valence-corrected chi connectivity index (χ0v) is 10.4. The van der Waals surface area contributed by atoms with E-state index in [9.17, 15) is 9.59 Å². The average molecular weight is 255 g/mol. The Labute approximate surface area is 110 Å². The summed E-state index contributed by atoms with van der Waals surface area (Å²) < 4.78 is 5.10. The minimum atomic E-state index is -0.142. The fourth-order valence-electron chi connectivity index (χ4n) is 1.56. The van der Waals surface area contributed by atoms with E-state index in [1.54, 1.807) is 48.7 Å². The first kappa shape index (κ1) is 12.8. The van der Waals surface area contributed by atoms with Crippen LogP contribution in [0.2, 0.25) is 0 Å². The third-order valence-corrected chi connectivity index (χ3v) is 2.43. The van der Waals surface area contributed by atoms with Gasteiger partial charge in [-0.05, 0) is 48.6 Å². The smallest absolute Gasteiger partial charge is 0.221 e. The van der Waals surface area contributed by atoms with E-state index in [1.165, 1.54) is 13.0 Å². The number of ketones is 1. The Balaban J connectivity index is 2.05. The summed E-state index contributed by atoms with van der Waals surface area (Å²) in [7, 11) is 0. The van der Waals surface area contributed by atoms with E-state index >= 15 is 0 Å². The summed E-state index contributed by atoms with van der Waals surface area (Å²) >= 11 is 0. The highest BCUT2D eigenvalue weighted by atomic mass is 16.3. The van der Waals surface area contributed by atoms with Gasteiger partial charge < -0.3 is 9.73 Å². The quantitative estimate of drug-likeness (QED) is 0.674. The lowest BCUT2D eigenvalue weighted by Crippen LogP contribution is -2.05. The maximum Gasteiger partial charge on any atom is 0.221 e. The molecule has 2 rings (SSSR count). The second-order valence-corrected chi connectivity index (χ2v) is 3.97. The fraction of sp³-hybridized carbons (Fsp3) is 0.0667. The van der Waals surface area contributed by atoms with Gasteiger partial charge in [0.1, 0.15) is 5.76 Å². The zero-order chi connectivity index (χ0) is 13.7. The lowest BCUT2D eigenvalue weighted by Gasteiger charge is -2.02. The Morgan fingerprint density at radius 2 is 1.89 bits per heavy atom. The number of benzene rings is 1. The summed E-state index contributed by atoms with van der Waals surface area (Å²) in [5, 5.41) is 2.64. The predicted molar refractivity (Wildman–Crippen MR) is 72.8 cm³/mol. The fourth-order valence-corrected chi connectivity index (χ4v) is 1.56. The molecule has 0 unspecified atom stereocenters. The number of nitrogens with one attached hydrogen (secondary N) is 1. The molecule has 4 heteroatoms. The molecule has 1 aromatic heterocycles. The summed E-state index contributed by atoms with van der Waals surface area (Å²) in [5.41, 5.74) is 1.22. The van der Waals surface area contributed by atoms with Crippen molar-refractivity contribution in [2.24, 2.45) is 0 Å². The van der Waals surface area contributed by atoms with Crippen LogP contribution in [0.5, 0.6) is 0 Å². The van der Waals surface area contributed by atoms with Gasteiger partial charge in [0, 0.05) is 18.2 Å². The highest BCUT2D eigenvalue weighted by Gasteiger charge is 2.02. The lowest BCUT2D eigenvalue weighted by molar-refractivity contribution is -0.114. The molecular weight excluding hydrogens is 242 g/mol. The van der Waals surface area contributed by atoms with Crippen LogP contribution in [0, 0.1) is 0 Å². The molecule has 1 heterocycles. The van der Waals surface area contributed by atoms with Crippen molar-refractivity contribution in [2.45, 2.75) is 6.92 Å². The van der Waals surface area contributed by atoms with Gasteiger partial charge in [0.2, 0.25) is 5.91 Å². The highest BCUT2D eigenvalue weighted by molar-refractivity contribution is 6.07. The molecule has 1 aromatic carbocycles. The van der Waals surface area contributed by atoms with Crippen LogP contribution < -0.4 is 5.32 Å². The first-order valence-electron chi connectivity index (χ1n) is 5.79. The molecule has 0 saturated carbocycles. The summed E-state index contributed by atoms with van der Waals surface area (Å²) in [6, 6.07) is 10.2. The average Bonchev–Trinajstić information content (AvgIpc) is 2.89. The van der Waals surface area contributed by atoms with Gasteiger partial charge in [0.15, 0.2) is 5.78 Å². The van der Waals surface area contributed by atoms with Crippen molar-refractivity contribution < 1.29 is 14.0 Å². The number of anilines is 1. The largest absolute Gasteiger partial charge is 0.465 e. The summed E-state index contributed by atoms with van der Waals surface area (Å²) in [4.78, 5) is 22.7. The Morgan fingerprint density at radius 3 is 2.47 bits per heavy atom. The van der Waals surface area contributed by atoms with Crippen molar-refractivity contribution in [2.75, 3.05) is 5.32 Å². The van der Waals surface area contributed by atoms with Gasteiger partial charge in [-0.3, -0.25) is 9.59 Å². The summed E-state index contributed by atoms with van der Waals surface area (Å²) in [5.74, 6) is 0.366. The van der Waals surface area contributed by atoms with E-state index in [1.807, 2.05) is 0 Å². The van der Waals surface area contributed by atoms with Gasteiger partial charge in [-0.15, -0.1) is 0 Å². The lowest BCUT2D eigenvalue weighted by atomic mass is 10.1. The van der Waals surface area contributed by atoms with Crippen LogP contribution in [0.15, 0.2) is 53.2 Å². The molecule has 4 nitrogen and oxygen atoms in total. The second kappa shape index (κ2) is 5.82. The maximum absolute atomic E-state index is 11.9. The molecular formula is C15H13NO3. The number of rotatable bonds is 4. The number of allylic oxidation sites excluding steroid dienone is 1. The number of amides is 1. The first-order chi connectivity index (χ1) is 9.15. The number of furan rings is 1. The Bertz CT molecular complexity index is 595. The Morgan fingerprint density at radius 1 is 1.16 bits per heavy atom. The number of carbonyl (C=O) groups is 2. The van der Waals surface area contributed by atoms with Gasteiger partial charge in [0.05, 0.1) is 6.26 Å². The Kier molecular flexibility index (Phi) is 3.93. The van der Waals surface area contributed by atoms with E-state index in [4.69, 9.17) is 4.42 Å². The van der Waals surface area contributed by atoms with Crippen molar-refractivity contribution in [1.82, 2.24) is 0 Å². The van der Waals surface area contributed by atoms with E-state index in [-0.39, 0.29) is 11.7 Å². The van der Waals surface area contributed by atoms with Crippen molar-refractivity contribution in [3.05, 3.63) is 60.1 Å². The topological polar surface area (TPSA) is 59.3 Å². The third kappa shape index (κ3) is 3.67. The van der Waals surface area contributed by atoms with Gasteiger partial charge in [-0.2, -0.15) is 0 Å². The van der Waals surface area contributed by atoms with Gasteiger partial charge in [0.25, 0.3) is 0 Å². The minimum absolute atomic E-state index is 0.120. The molecule has 0 saturated heterocycles. The van der Waals surface area contributed by atoms with Crippen LogP contribution in [0.25, 0.3) is 6.08 Å². The number of hydrogen-bond donors (Lipinski definition) is 1. The van der Waals surface area contributed by atoms with Crippen LogP contribution >= 0.6 is 0 Å². The van der Waals surface area contributed by atoms with E-state index in [0.29, 0.717) is 17.0 Å². The molecule has 0 atom stereocenters. The molecule has 0 bridgehead atoms. The van der Waals surface area contributed by atoms with E-state index in [2.05, 4.69) is 5.32 Å². The molecule has 96 valence electrons. The second-order valence-electron chi connectivity index (χ2n) is 3.97. The normalized spacial score (nSPS) is 10.6.